The number of amides is 1. The van der Waals surface area contributed by atoms with E-state index in [0.29, 0.717) is 22.2 Å². The maximum Gasteiger partial charge on any atom is 0.295 e. The number of benzene rings is 2. The van der Waals surface area contributed by atoms with E-state index in [1.165, 1.54) is 0 Å². The van der Waals surface area contributed by atoms with E-state index in [1.807, 2.05) is 19.1 Å². The van der Waals surface area contributed by atoms with E-state index in [9.17, 15) is 9.90 Å². The van der Waals surface area contributed by atoms with Crippen molar-refractivity contribution in [2.24, 2.45) is 10.2 Å². The Morgan fingerprint density at radius 3 is 2.74 bits per heavy atom. The van der Waals surface area contributed by atoms with E-state index in [1.54, 1.807) is 37.4 Å². The van der Waals surface area contributed by atoms with Crippen LogP contribution in [0.1, 0.15) is 15.9 Å². The maximum atomic E-state index is 12.2. The van der Waals surface area contributed by atoms with E-state index in [0.717, 1.165) is 5.56 Å². The lowest BCUT2D eigenvalue weighted by Crippen LogP contribution is -1.96. The van der Waals surface area contributed by atoms with Crippen molar-refractivity contribution < 1.29 is 14.6 Å². The van der Waals surface area contributed by atoms with Gasteiger partial charge in [-0.05, 0) is 36.8 Å². The molecule has 0 saturated carbocycles. The molecule has 0 aliphatic rings. The average molecular weight is 309 g/mol. The number of rotatable bonds is 3. The summed E-state index contributed by atoms with van der Waals surface area (Å²) in [5.74, 6) is 0.0208. The maximum absolute atomic E-state index is 12.2. The standard InChI is InChI=1S/C17H15N3O3/c1-10-5-3-4-6-12(10)16(21)20-19-15-13-9-11(23-2)7-8-14(13)18-17(15)22/h3-9,18,22H,1-2H3. The molecule has 0 bridgehead atoms. The first-order valence-electron chi connectivity index (χ1n) is 7.00. The van der Waals surface area contributed by atoms with Crippen molar-refractivity contribution in [2.75, 3.05) is 7.11 Å². The van der Waals surface area contributed by atoms with Crippen LogP contribution in [-0.2, 0) is 0 Å². The minimum atomic E-state index is -0.459. The Kier molecular flexibility index (Phi) is 3.80. The molecule has 1 aromatic heterocycles. The number of aromatic hydroxyl groups is 1. The molecule has 3 rings (SSSR count). The normalized spacial score (nSPS) is 11.2. The number of nitrogens with one attached hydrogen (secondary N) is 1. The Morgan fingerprint density at radius 1 is 1.22 bits per heavy atom. The summed E-state index contributed by atoms with van der Waals surface area (Å²) < 4.78 is 5.16. The van der Waals surface area contributed by atoms with Crippen LogP contribution in [0.2, 0.25) is 0 Å². The predicted molar refractivity (Wildman–Crippen MR) is 86.5 cm³/mol. The number of aryl methyl sites for hydroxylation is 1. The number of fused-ring (bicyclic) bond motifs is 1. The minimum Gasteiger partial charge on any atom is -0.497 e. The first kappa shape index (κ1) is 14.8. The predicted octanol–water partition coefficient (Wildman–Crippen LogP) is 4.11. The van der Waals surface area contributed by atoms with Gasteiger partial charge in [0, 0.05) is 10.9 Å². The van der Waals surface area contributed by atoms with Crippen molar-refractivity contribution in [3.8, 4) is 11.6 Å². The fourth-order valence-corrected chi connectivity index (χ4v) is 2.33. The number of hydrogen-bond donors (Lipinski definition) is 2. The largest absolute Gasteiger partial charge is 0.497 e. The van der Waals surface area contributed by atoms with E-state index in [2.05, 4.69) is 15.2 Å². The van der Waals surface area contributed by atoms with Crippen molar-refractivity contribution in [1.29, 1.82) is 0 Å². The van der Waals surface area contributed by atoms with Crippen molar-refractivity contribution in [3.63, 3.8) is 0 Å². The average Bonchev–Trinajstić information content (AvgIpc) is 2.87. The van der Waals surface area contributed by atoms with Crippen LogP contribution in [0.4, 0.5) is 5.69 Å². The summed E-state index contributed by atoms with van der Waals surface area (Å²) in [6.07, 6.45) is 0. The van der Waals surface area contributed by atoms with Crippen molar-refractivity contribution in [1.82, 2.24) is 4.98 Å². The van der Waals surface area contributed by atoms with Crippen LogP contribution in [0.25, 0.3) is 10.9 Å². The smallest absolute Gasteiger partial charge is 0.295 e. The first-order valence-corrected chi connectivity index (χ1v) is 7.00. The summed E-state index contributed by atoms with van der Waals surface area (Å²) in [6.45, 7) is 1.83. The number of aromatic nitrogens is 1. The monoisotopic (exact) mass is 309 g/mol. The fourth-order valence-electron chi connectivity index (χ4n) is 2.33. The van der Waals surface area contributed by atoms with Gasteiger partial charge in [0.15, 0.2) is 5.69 Å². The minimum absolute atomic E-state index is 0.144. The lowest BCUT2D eigenvalue weighted by atomic mass is 10.1. The SMILES string of the molecule is COc1ccc2[nH]c(O)c(N=NC(=O)c3ccccc3C)c2c1. The summed E-state index contributed by atoms with van der Waals surface area (Å²) in [7, 11) is 1.55. The van der Waals surface area contributed by atoms with Crippen LogP contribution >= 0.6 is 0 Å². The van der Waals surface area contributed by atoms with Gasteiger partial charge < -0.3 is 14.8 Å². The number of ether oxygens (including phenoxy) is 1. The van der Waals surface area contributed by atoms with Gasteiger partial charge in [0.1, 0.15) is 5.75 Å². The summed E-state index contributed by atoms with van der Waals surface area (Å²) in [5, 5.41) is 18.3. The zero-order valence-electron chi connectivity index (χ0n) is 12.7. The molecule has 1 amide bonds. The Hall–Kier alpha value is -3.15. The second kappa shape index (κ2) is 5.92. The highest BCUT2D eigenvalue weighted by molar-refractivity contribution is 5.98. The Morgan fingerprint density at radius 2 is 2.00 bits per heavy atom. The highest BCUT2D eigenvalue weighted by Crippen LogP contribution is 2.37. The van der Waals surface area contributed by atoms with E-state index < -0.39 is 5.91 Å². The zero-order valence-corrected chi connectivity index (χ0v) is 12.7. The van der Waals surface area contributed by atoms with Gasteiger partial charge in [0.2, 0.25) is 5.88 Å². The molecule has 3 aromatic rings. The molecule has 116 valence electrons. The number of hydrogen-bond acceptors (Lipinski definition) is 4. The van der Waals surface area contributed by atoms with Crippen LogP contribution in [0.3, 0.4) is 0 Å². The number of carbonyl (C=O) groups is 1. The zero-order chi connectivity index (χ0) is 16.4. The number of H-pyrrole nitrogens is 1. The molecule has 2 aromatic carbocycles. The van der Waals surface area contributed by atoms with E-state index in [-0.39, 0.29) is 11.6 Å². The molecule has 0 aliphatic heterocycles. The lowest BCUT2D eigenvalue weighted by Gasteiger charge is -2.00. The molecule has 0 radical (unpaired) electrons. The number of carbonyl (C=O) groups excluding carboxylic acids is 1. The number of nitrogens with zero attached hydrogens (tertiary/aromatic N) is 2. The molecule has 23 heavy (non-hydrogen) atoms. The molecule has 6 nitrogen and oxygen atoms in total. The van der Waals surface area contributed by atoms with Crippen molar-refractivity contribution in [3.05, 3.63) is 53.6 Å². The second-order valence-corrected chi connectivity index (χ2v) is 5.05. The first-order chi connectivity index (χ1) is 11.1. The Bertz CT molecular complexity index is 913. The van der Waals surface area contributed by atoms with Crippen LogP contribution in [-0.4, -0.2) is 23.1 Å². The summed E-state index contributed by atoms with van der Waals surface area (Å²) in [4.78, 5) is 14.9. The van der Waals surface area contributed by atoms with Gasteiger partial charge in [-0.1, -0.05) is 18.2 Å². The molecular formula is C17H15N3O3. The van der Waals surface area contributed by atoms with Gasteiger partial charge in [0.25, 0.3) is 5.91 Å². The highest BCUT2D eigenvalue weighted by Gasteiger charge is 2.13. The highest BCUT2D eigenvalue weighted by atomic mass is 16.5. The third-order valence-corrected chi connectivity index (χ3v) is 3.58. The van der Waals surface area contributed by atoms with Crippen LogP contribution in [0.15, 0.2) is 52.7 Å². The van der Waals surface area contributed by atoms with Gasteiger partial charge in [-0.15, -0.1) is 10.2 Å². The molecule has 6 heteroatoms. The topological polar surface area (TPSA) is 87.0 Å². The van der Waals surface area contributed by atoms with Crippen molar-refractivity contribution in [2.45, 2.75) is 6.92 Å². The van der Waals surface area contributed by atoms with Crippen molar-refractivity contribution >= 4 is 22.5 Å². The van der Waals surface area contributed by atoms with E-state index in [4.69, 9.17) is 4.74 Å². The third kappa shape index (κ3) is 2.78. The van der Waals surface area contributed by atoms with Gasteiger partial charge in [-0.25, -0.2) is 0 Å². The molecule has 0 atom stereocenters. The van der Waals surface area contributed by atoms with Crippen LogP contribution in [0.5, 0.6) is 11.6 Å². The fraction of sp³-hybridized carbons (Fsp3) is 0.118. The quantitative estimate of drug-likeness (QED) is 0.713. The molecular weight excluding hydrogens is 294 g/mol. The Labute approximate surface area is 132 Å². The van der Waals surface area contributed by atoms with Gasteiger partial charge in [-0.3, -0.25) is 4.79 Å². The van der Waals surface area contributed by atoms with Crippen LogP contribution in [0, 0.1) is 6.92 Å². The van der Waals surface area contributed by atoms with Gasteiger partial charge in [0.05, 0.1) is 12.6 Å². The lowest BCUT2D eigenvalue weighted by molar-refractivity contribution is 0.0994. The third-order valence-electron chi connectivity index (χ3n) is 3.58. The molecule has 0 spiro atoms. The molecule has 0 unspecified atom stereocenters. The van der Waals surface area contributed by atoms with Gasteiger partial charge in [-0.2, -0.15) is 0 Å². The summed E-state index contributed by atoms with van der Waals surface area (Å²) in [6, 6.07) is 12.4. The van der Waals surface area contributed by atoms with E-state index >= 15 is 0 Å². The summed E-state index contributed by atoms with van der Waals surface area (Å²) in [5.41, 5.74) is 2.19. The molecule has 0 saturated heterocycles. The summed E-state index contributed by atoms with van der Waals surface area (Å²) >= 11 is 0. The number of methoxy groups -OCH3 is 1. The molecule has 1 heterocycles. The molecule has 2 N–H and O–H groups in total. The number of azo groups is 1. The van der Waals surface area contributed by atoms with Crippen LogP contribution < -0.4 is 4.74 Å². The second-order valence-electron chi connectivity index (χ2n) is 5.05. The number of aromatic amines is 1. The molecule has 0 aliphatic carbocycles. The molecule has 0 fully saturated rings. The Balaban J connectivity index is 1.99. The van der Waals surface area contributed by atoms with Gasteiger partial charge >= 0.3 is 0 Å².